The summed E-state index contributed by atoms with van der Waals surface area (Å²) in [6.45, 7) is 5.66. The molecule has 0 N–H and O–H groups in total. The Hall–Kier alpha value is -1.76. The van der Waals surface area contributed by atoms with Gasteiger partial charge in [0, 0.05) is 24.7 Å². The van der Waals surface area contributed by atoms with Gasteiger partial charge in [0.2, 0.25) is 5.13 Å². The zero-order valence-electron chi connectivity index (χ0n) is 11.6. The topological polar surface area (TPSA) is 63.9 Å². The van der Waals surface area contributed by atoms with E-state index in [2.05, 4.69) is 22.2 Å². The number of nitrogens with zero attached hydrogens (tertiary/aromatic N) is 5. The summed E-state index contributed by atoms with van der Waals surface area (Å²) in [6.07, 6.45) is 3.97. The van der Waals surface area contributed by atoms with Gasteiger partial charge in [0.1, 0.15) is 0 Å². The maximum Gasteiger partial charge on any atom is 0.276 e. The fraction of sp³-hybridized carbons (Fsp3) is 0.538. The number of carbonyl (C=O) groups is 1. The molecule has 3 rings (SSSR count). The number of carbonyl (C=O) groups excluding carboxylic acids is 1. The van der Waals surface area contributed by atoms with Crippen LogP contribution in [0, 0.1) is 12.8 Å². The lowest BCUT2D eigenvalue weighted by Gasteiger charge is -2.30. The standard InChI is InChI=1S/C13H17N5OS/c1-9-4-3-6-17(8-9)12(19)11-10(2)18(16-15-11)13-14-5-7-20-13/h5,7,9H,3-4,6,8H2,1-2H3/t9-/m1/s1. The van der Waals surface area contributed by atoms with Crippen LogP contribution in [0.3, 0.4) is 0 Å². The number of hydrogen-bond acceptors (Lipinski definition) is 5. The highest BCUT2D eigenvalue weighted by Gasteiger charge is 2.26. The van der Waals surface area contributed by atoms with E-state index in [1.54, 1.807) is 10.9 Å². The van der Waals surface area contributed by atoms with Crippen LogP contribution in [0.5, 0.6) is 0 Å². The third kappa shape index (κ3) is 2.33. The molecule has 2 aromatic rings. The van der Waals surface area contributed by atoms with E-state index in [1.807, 2.05) is 17.2 Å². The third-order valence-electron chi connectivity index (χ3n) is 3.64. The highest BCUT2D eigenvalue weighted by atomic mass is 32.1. The SMILES string of the molecule is Cc1c(C(=O)N2CCC[C@@H](C)C2)nnn1-c1nccs1. The van der Waals surface area contributed by atoms with Crippen molar-refractivity contribution in [3.8, 4) is 5.13 Å². The zero-order chi connectivity index (χ0) is 14.1. The summed E-state index contributed by atoms with van der Waals surface area (Å²) in [4.78, 5) is 18.6. The second kappa shape index (κ2) is 5.32. The van der Waals surface area contributed by atoms with Crippen molar-refractivity contribution in [2.24, 2.45) is 5.92 Å². The number of thiazole rings is 1. The Morgan fingerprint density at radius 2 is 2.35 bits per heavy atom. The Bertz CT molecular complexity index is 606. The third-order valence-corrected chi connectivity index (χ3v) is 4.39. The van der Waals surface area contributed by atoms with Crippen LogP contribution in [0.2, 0.25) is 0 Å². The van der Waals surface area contributed by atoms with Crippen molar-refractivity contribution in [3.05, 3.63) is 23.0 Å². The monoisotopic (exact) mass is 291 g/mol. The van der Waals surface area contributed by atoms with E-state index in [4.69, 9.17) is 0 Å². The number of hydrogen-bond donors (Lipinski definition) is 0. The molecule has 0 unspecified atom stereocenters. The maximum atomic E-state index is 12.5. The average molecular weight is 291 g/mol. The van der Waals surface area contributed by atoms with Gasteiger partial charge in [0.15, 0.2) is 5.69 Å². The van der Waals surface area contributed by atoms with Crippen LogP contribution in [0.15, 0.2) is 11.6 Å². The number of aromatic nitrogens is 4. The van der Waals surface area contributed by atoms with Gasteiger partial charge in [-0.1, -0.05) is 12.1 Å². The maximum absolute atomic E-state index is 12.5. The normalized spacial score (nSPS) is 19.3. The summed E-state index contributed by atoms with van der Waals surface area (Å²) >= 11 is 1.48. The minimum Gasteiger partial charge on any atom is -0.337 e. The Morgan fingerprint density at radius 3 is 3.05 bits per heavy atom. The van der Waals surface area contributed by atoms with Crippen LogP contribution in [-0.4, -0.2) is 43.9 Å². The highest BCUT2D eigenvalue weighted by molar-refractivity contribution is 7.12. The fourth-order valence-electron chi connectivity index (χ4n) is 2.55. The Kier molecular flexibility index (Phi) is 3.52. The minimum atomic E-state index is -0.0168. The predicted molar refractivity (Wildman–Crippen MR) is 76.1 cm³/mol. The van der Waals surface area contributed by atoms with Gasteiger partial charge in [0.25, 0.3) is 5.91 Å². The Labute approximate surface area is 121 Å². The minimum absolute atomic E-state index is 0.0168. The van der Waals surface area contributed by atoms with Crippen LogP contribution in [-0.2, 0) is 0 Å². The molecular weight excluding hydrogens is 274 g/mol. The molecule has 6 nitrogen and oxygen atoms in total. The molecule has 106 valence electrons. The van der Waals surface area contributed by atoms with Gasteiger partial charge < -0.3 is 4.90 Å². The summed E-state index contributed by atoms with van der Waals surface area (Å²) in [5.74, 6) is 0.541. The molecule has 1 fully saturated rings. The van der Waals surface area contributed by atoms with Gasteiger partial charge in [-0.15, -0.1) is 16.4 Å². The molecule has 1 aliphatic rings. The molecule has 20 heavy (non-hydrogen) atoms. The summed E-state index contributed by atoms with van der Waals surface area (Å²) in [5, 5.41) is 10.7. The summed E-state index contributed by atoms with van der Waals surface area (Å²) in [7, 11) is 0. The van der Waals surface area contributed by atoms with Crippen molar-refractivity contribution in [2.45, 2.75) is 26.7 Å². The molecule has 0 saturated carbocycles. The van der Waals surface area contributed by atoms with E-state index < -0.39 is 0 Å². The quantitative estimate of drug-likeness (QED) is 0.848. The lowest BCUT2D eigenvalue weighted by molar-refractivity contribution is 0.0676. The molecule has 1 aliphatic heterocycles. The molecule has 0 bridgehead atoms. The smallest absolute Gasteiger partial charge is 0.276 e. The number of rotatable bonds is 2. The zero-order valence-corrected chi connectivity index (χ0v) is 12.4. The second-order valence-corrected chi connectivity index (χ2v) is 6.12. The van der Waals surface area contributed by atoms with Crippen molar-refractivity contribution >= 4 is 17.2 Å². The second-order valence-electron chi connectivity index (χ2n) is 5.25. The largest absolute Gasteiger partial charge is 0.337 e. The van der Waals surface area contributed by atoms with Crippen LogP contribution in [0.4, 0.5) is 0 Å². The van der Waals surface area contributed by atoms with Gasteiger partial charge in [-0.3, -0.25) is 4.79 Å². The number of likely N-dealkylation sites (tertiary alicyclic amines) is 1. The van der Waals surface area contributed by atoms with E-state index in [0.29, 0.717) is 11.6 Å². The van der Waals surface area contributed by atoms with Crippen molar-refractivity contribution in [1.82, 2.24) is 24.9 Å². The van der Waals surface area contributed by atoms with Crippen LogP contribution in [0.25, 0.3) is 5.13 Å². The van der Waals surface area contributed by atoms with Gasteiger partial charge in [-0.05, 0) is 25.7 Å². The van der Waals surface area contributed by atoms with Gasteiger partial charge >= 0.3 is 0 Å². The number of piperidine rings is 1. The molecule has 1 saturated heterocycles. The van der Waals surface area contributed by atoms with E-state index in [-0.39, 0.29) is 5.91 Å². The van der Waals surface area contributed by atoms with Crippen LogP contribution in [0.1, 0.15) is 35.9 Å². The molecule has 0 aromatic carbocycles. The predicted octanol–water partition coefficient (Wildman–Crippen LogP) is 1.90. The first-order valence-electron chi connectivity index (χ1n) is 6.78. The Balaban J connectivity index is 1.85. The molecule has 2 aromatic heterocycles. The van der Waals surface area contributed by atoms with Gasteiger partial charge in [-0.25, -0.2) is 4.98 Å². The molecule has 3 heterocycles. The first-order chi connectivity index (χ1) is 9.66. The van der Waals surface area contributed by atoms with Gasteiger partial charge in [-0.2, -0.15) is 4.68 Å². The number of amides is 1. The first-order valence-corrected chi connectivity index (χ1v) is 7.66. The van der Waals surface area contributed by atoms with E-state index in [1.165, 1.54) is 17.8 Å². The molecule has 1 amide bonds. The fourth-order valence-corrected chi connectivity index (χ4v) is 3.19. The summed E-state index contributed by atoms with van der Waals surface area (Å²) < 4.78 is 1.63. The molecule has 0 radical (unpaired) electrons. The van der Waals surface area contributed by atoms with Crippen molar-refractivity contribution in [1.29, 1.82) is 0 Å². The Morgan fingerprint density at radius 1 is 1.50 bits per heavy atom. The lowest BCUT2D eigenvalue weighted by atomic mass is 10.00. The molecule has 0 aliphatic carbocycles. The van der Waals surface area contributed by atoms with Crippen LogP contribution < -0.4 is 0 Å². The van der Waals surface area contributed by atoms with E-state index in [9.17, 15) is 4.79 Å². The lowest BCUT2D eigenvalue weighted by Crippen LogP contribution is -2.39. The molecule has 1 atom stereocenters. The molecular formula is C13H17N5OS. The van der Waals surface area contributed by atoms with E-state index in [0.717, 1.165) is 30.3 Å². The van der Waals surface area contributed by atoms with Crippen molar-refractivity contribution in [3.63, 3.8) is 0 Å². The van der Waals surface area contributed by atoms with Crippen molar-refractivity contribution < 1.29 is 4.79 Å². The summed E-state index contributed by atoms with van der Waals surface area (Å²) in [5.41, 5.74) is 1.19. The first kappa shape index (κ1) is 13.2. The van der Waals surface area contributed by atoms with Crippen LogP contribution >= 0.6 is 11.3 Å². The van der Waals surface area contributed by atoms with E-state index >= 15 is 0 Å². The van der Waals surface area contributed by atoms with Gasteiger partial charge in [0.05, 0.1) is 5.69 Å². The average Bonchev–Trinajstić information content (AvgIpc) is 3.07. The highest BCUT2D eigenvalue weighted by Crippen LogP contribution is 2.20. The van der Waals surface area contributed by atoms with Crippen molar-refractivity contribution in [2.75, 3.05) is 13.1 Å². The molecule has 7 heteroatoms. The summed E-state index contributed by atoms with van der Waals surface area (Å²) in [6, 6.07) is 0. The molecule has 0 spiro atoms.